The number of nitrogens with zero attached hydrogens (tertiary/aromatic N) is 4. The Morgan fingerprint density at radius 3 is 2.37 bits per heavy atom. The molecule has 7 atom stereocenters. The molecule has 1 aliphatic rings. The Labute approximate surface area is 265 Å². The van der Waals surface area contributed by atoms with Crippen LogP contribution in [0, 0.1) is 11.8 Å². The lowest BCUT2D eigenvalue weighted by Gasteiger charge is -2.39. The normalized spacial score (nSPS) is 22.6. The highest BCUT2D eigenvalue weighted by Gasteiger charge is 2.45. The molecule has 0 bridgehead atoms. The number of nitrogens with one attached hydrogen (secondary N) is 2. The monoisotopic (exact) mass is 650 g/mol. The maximum atomic E-state index is 13.2. The number of ether oxygens (including phenoxy) is 3. The van der Waals surface area contributed by atoms with Crippen molar-refractivity contribution in [2.45, 2.75) is 83.6 Å². The summed E-state index contributed by atoms with van der Waals surface area (Å²) in [5.74, 6) is -1.10. The number of likely N-dealkylation sites (N-methyl/N-ethyl adjacent to an activating group) is 2. The molecule has 1 aromatic heterocycles. The minimum absolute atomic E-state index is 0.106. The summed E-state index contributed by atoms with van der Waals surface area (Å²) >= 11 is 0. The predicted octanol–water partition coefficient (Wildman–Crippen LogP) is 0.902. The van der Waals surface area contributed by atoms with E-state index in [1.807, 2.05) is 0 Å². The SMILES string of the molecule is CNC(=O)[C@@H](NC(=O)[C@H](C(C)C)N(C)C(=O)OCc1ccc(O[C@@H]2O[C@H](CO)[C@H](O)[C@H](O)[C@H]2O)c2cc(CN=[N+]=[N-])oc12)C(C)C. The summed E-state index contributed by atoms with van der Waals surface area (Å²) in [6.07, 6.45) is -8.42. The molecule has 0 unspecified atom stereocenters. The van der Waals surface area contributed by atoms with Crippen LogP contribution in [-0.4, -0.2) is 107 Å². The van der Waals surface area contributed by atoms with E-state index in [0.29, 0.717) is 10.9 Å². The topological polar surface area (TPSA) is 249 Å². The average Bonchev–Trinajstić information content (AvgIpc) is 3.46. The van der Waals surface area contributed by atoms with E-state index in [-0.39, 0.29) is 48.0 Å². The molecule has 17 nitrogen and oxygen atoms in total. The van der Waals surface area contributed by atoms with Gasteiger partial charge in [0.2, 0.25) is 18.1 Å². The van der Waals surface area contributed by atoms with Crippen molar-refractivity contribution in [1.29, 1.82) is 0 Å². The van der Waals surface area contributed by atoms with Crippen LogP contribution in [0.25, 0.3) is 21.4 Å². The Hall–Kier alpha value is -4.12. The number of hydrogen-bond acceptors (Lipinski definition) is 12. The maximum Gasteiger partial charge on any atom is 0.410 e. The van der Waals surface area contributed by atoms with Crippen LogP contribution in [0.15, 0.2) is 27.7 Å². The fourth-order valence-electron chi connectivity index (χ4n) is 5.10. The molecule has 17 heteroatoms. The summed E-state index contributed by atoms with van der Waals surface area (Å²) < 4.78 is 22.7. The molecule has 0 radical (unpaired) electrons. The molecule has 0 spiro atoms. The molecular weight excluding hydrogens is 608 g/mol. The number of aliphatic hydroxyl groups excluding tert-OH is 4. The van der Waals surface area contributed by atoms with Gasteiger partial charge in [0.05, 0.1) is 18.5 Å². The Morgan fingerprint density at radius 1 is 1.09 bits per heavy atom. The minimum atomic E-state index is -1.67. The van der Waals surface area contributed by atoms with Crippen LogP contribution in [0.4, 0.5) is 4.79 Å². The number of furan rings is 1. The lowest BCUT2D eigenvalue weighted by molar-refractivity contribution is -0.277. The first-order valence-corrected chi connectivity index (χ1v) is 14.7. The van der Waals surface area contributed by atoms with Gasteiger partial charge in [0, 0.05) is 24.6 Å². The van der Waals surface area contributed by atoms with E-state index in [9.17, 15) is 34.8 Å². The fraction of sp³-hybridized carbons (Fsp3) is 0.621. The zero-order valence-corrected chi connectivity index (χ0v) is 26.5. The maximum absolute atomic E-state index is 13.2. The van der Waals surface area contributed by atoms with Crippen LogP contribution >= 0.6 is 0 Å². The number of azide groups is 1. The van der Waals surface area contributed by atoms with Gasteiger partial charge in [-0.2, -0.15) is 0 Å². The van der Waals surface area contributed by atoms with Gasteiger partial charge in [0.25, 0.3) is 0 Å². The second-order valence-corrected chi connectivity index (χ2v) is 11.6. The largest absolute Gasteiger partial charge is 0.461 e. The number of amides is 3. The molecule has 1 fully saturated rings. The van der Waals surface area contributed by atoms with Gasteiger partial charge in [-0.1, -0.05) is 32.8 Å². The number of benzene rings is 1. The van der Waals surface area contributed by atoms with Gasteiger partial charge in [-0.15, -0.1) is 0 Å². The van der Waals surface area contributed by atoms with E-state index in [0.717, 1.165) is 4.90 Å². The van der Waals surface area contributed by atoms with Gasteiger partial charge in [-0.05, 0) is 35.6 Å². The van der Waals surface area contributed by atoms with Crippen molar-refractivity contribution in [3.8, 4) is 5.75 Å². The number of hydrogen-bond donors (Lipinski definition) is 6. The zero-order valence-electron chi connectivity index (χ0n) is 26.5. The third-order valence-electron chi connectivity index (χ3n) is 7.61. The van der Waals surface area contributed by atoms with Gasteiger partial charge in [-0.3, -0.25) is 14.5 Å². The van der Waals surface area contributed by atoms with Crippen LogP contribution in [0.3, 0.4) is 0 Å². The van der Waals surface area contributed by atoms with Gasteiger partial charge in [0.15, 0.2) is 0 Å². The van der Waals surface area contributed by atoms with Gasteiger partial charge < -0.3 is 49.7 Å². The molecule has 254 valence electrons. The summed E-state index contributed by atoms with van der Waals surface area (Å²) in [6.45, 7) is 5.96. The number of rotatable bonds is 13. The van der Waals surface area contributed by atoms with Crippen molar-refractivity contribution in [3.63, 3.8) is 0 Å². The smallest absolute Gasteiger partial charge is 0.410 e. The highest BCUT2D eigenvalue weighted by Crippen LogP contribution is 2.35. The van der Waals surface area contributed by atoms with E-state index in [1.165, 1.54) is 32.3 Å². The molecule has 2 aromatic rings. The number of carbonyl (C=O) groups is 3. The summed E-state index contributed by atoms with van der Waals surface area (Å²) in [5, 5.41) is 49.2. The molecule has 2 heterocycles. The molecular formula is C29H42N6O11. The molecule has 0 aliphatic carbocycles. The molecule has 46 heavy (non-hydrogen) atoms. The average molecular weight is 651 g/mol. The first-order chi connectivity index (χ1) is 21.7. The lowest BCUT2D eigenvalue weighted by atomic mass is 9.99. The predicted molar refractivity (Wildman–Crippen MR) is 161 cm³/mol. The van der Waals surface area contributed by atoms with Crippen molar-refractivity contribution in [1.82, 2.24) is 15.5 Å². The molecule has 1 saturated heterocycles. The molecule has 6 N–H and O–H groups in total. The first-order valence-electron chi connectivity index (χ1n) is 14.7. The van der Waals surface area contributed by atoms with E-state index in [4.69, 9.17) is 24.2 Å². The highest BCUT2D eigenvalue weighted by atomic mass is 16.7. The molecule has 3 rings (SSSR count). The van der Waals surface area contributed by atoms with Crippen LogP contribution in [0.1, 0.15) is 39.0 Å². The van der Waals surface area contributed by atoms with Crippen molar-refractivity contribution < 1.29 is 53.4 Å². The summed E-state index contributed by atoms with van der Waals surface area (Å²) in [4.78, 5) is 42.6. The van der Waals surface area contributed by atoms with Crippen molar-refractivity contribution in [2.75, 3.05) is 20.7 Å². The standard InChI is InChI=1S/C29H42N6O11/c1-13(2)20(26(40)31-5)33-27(41)21(14(3)4)35(6)29(42)43-12-15-7-8-18(17-9-16(10-32-34-30)44-25(15)17)45-28-24(39)23(38)22(37)19(11-36)46-28/h7-9,13-14,19-24,28,36-39H,10-12H2,1-6H3,(H,31,40)(H,33,41)/t19-,20+,21+,22+,23+,24-,28-/m1/s1. The molecule has 0 saturated carbocycles. The highest BCUT2D eigenvalue weighted by molar-refractivity contribution is 5.91. The number of carbonyl (C=O) groups excluding carboxylic acids is 3. The van der Waals surface area contributed by atoms with Crippen LogP contribution in [-0.2, 0) is 32.2 Å². The lowest BCUT2D eigenvalue weighted by Crippen LogP contribution is -2.60. The van der Waals surface area contributed by atoms with Gasteiger partial charge >= 0.3 is 6.09 Å². The third kappa shape index (κ3) is 8.17. The van der Waals surface area contributed by atoms with E-state index in [1.54, 1.807) is 27.7 Å². The van der Waals surface area contributed by atoms with E-state index < -0.39 is 61.4 Å². The Balaban J connectivity index is 1.84. The van der Waals surface area contributed by atoms with Crippen LogP contribution in [0.5, 0.6) is 5.75 Å². The third-order valence-corrected chi connectivity index (χ3v) is 7.61. The summed E-state index contributed by atoms with van der Waals surface area (Å²) in [5.41, 5.74) is 9.31. The molecule has 3 amide bonds. The van der Waals surface area contributed by atoms with E-state index in [2.05, 4.69) is 20.7 Å². The zero-order chi connectivity index (χ0) is 34.3. The summed E-state index contributed by atoms with van der Waals surface area (Å²) in [6, 6.07) is 2.72. The Bertz CT molecular complexity index is 1420. The van der Waals surface area contributed by atoms with Crippen LogP contribution in [0.2, 0.25) is 0 Å². The van der Waals surface area contributed by atoms with Crippen LogP contribution < -0.4 is 15.4 Å². The Kier molecular flexibility index (Phi) is 12.6. The summed E-state index contributed by atoms with van der Waals surface area (Å²) in [7, 11) is 2.88. The second kappa shape index (κ2) is 15.9. The van der Waals surface area contributed by atoms with Crippen molar-refractivity contribution in [3.05, 3.63) is 40.0 Å². The van der Waals surface area contributed by atoms with Crippen molar-refractivity contribution >= 4 is 28.9 Å². The fourth-order valence-corrected chi connectivity index (χ4v) is 5.10. The number of aliphatic hydroxyl groups is 4. The Morgan fingerprint density at radius 2 is 1.78 bits per heavy atom. The second-order valence-electron chi connectivity index (χ2n) is 11.6. The quantitative estimate of drug-likeness (QED) is 0.101. The molecule has 1 aromatic carbocycles. The van der Waals surface area contributed by atoms with Crippen molar-refractivity contribution in [2.24, 2.45) is 17.0 Å². The van der Waals surface area contributed by atoms with Gasteiger partial charge in [-0.25, -0.2) is 4.79 Å². The number of fused-ring (bicyclic) bond motifs is 1. The molecule has 1 aliphatic heterocycles. The first kappa shape index (κ1) is 36.3. The minimum Gasteiger partial charge on any atom is -0.461 e. The van der Waals surface area contributed by atoms with Gasteiger partial charge in [0.1, 0.15) is 60.2 Å². The van der Waals surface area contributed by atoms with E-state index >= 15 is 0 Å².